The summed E-state index contributed by atoms with van der Waals surface area (Å²) in [4.78, 5) is 11.4. The summed E-state index contributed by atoms with van der Waals surface area (Å²) in [6.07, 6.45) is 2.22. The third kappa shape index (κ3) is 3.51. The summed E-state index contributed by atoms with van der Waals surface area (Å²) in [7, 11) is 0. The minimum atomic E-state index is -0.0241. The summed E-state index contributed by atoms with van der Waals surface area (Å²) in [5, 5.41) is 13.5. The van der Waals surface area contributed by atoms with Crippen LogP contribution in [0.3, 0.4) is 0 Å². The number of nitrogens with zero attached hydrogens (tertiary/aromatic N) is 1. The van der Waals surface area contributed by atoms with E-state index in [0.717, 1.165) is 22.6 Å². The molecule has 0 aliphatic rings. The quantitative estimate of drug-likeness (QED) is 0.791. The number of anilines is 2. The lowest BCUT2D eigenvalue weighted by molar-refractivity contribution is -0.115. The van der Waals surface area contributed by atoms with E-state index in [1.165, 1.54) is 0 Å². The average Bonchev–Trinajstić information content (AvgIpc) is 2.84. The molecule has 1 aromatic heterocycles. The van der Waals surface area contributed by atoms with Crippen molar-refractivity contribution in [3.05, 3.63) is 40.7 Å². The molecule has 20 heavy (non-hydrogen) atoms. The Balaban J connectivity index is 2.08. The van der Waals surface area contributed by atoms with Crippen LogP contribution in [0.25, 0.3) is 0 Å². The van der Waals surface area contributed by atoms with E-state index in [2.05, 4.69) is 20.8 Å². The van der Waals surface area contributed by atoms with E-state index in [4.69, 9.17) is 11.6 Å². The number of H-pyrrole nitrogens is 1. The maximum absolute atomic E-state index is 11.4. The van der Waals surface area contributed by atoms with Crippen molar-refractivity contribution < 1.29 is 4.79 Å². The fraction of sp³-hybridized carbons (Fsp3) is 0.286. The molecule has 0 bridgehead atoms. The SMILES string of the molecule is CCC(=O)Nc1ccc(Cl)c(NCc2cn[nH]c2C)c1. The van der Waals surface area contributed by atoms with E-state index < -0.39 is 0 Å². The second-order valence-electron chi connectivity index (χ2n) is 4.47. The topological polar surface area (TPSA) is 69.8 Å². The average molecular weight is 293 g/mol. The molecular formula is C14H17ClN4O. The lowest BCUT2D eigenvalue weighted by Crippen LogP contribution is -2.10. The van der Waals surface area contributed by atoms with Gasteiger partial charge in [0.05, 0.1) is 16.9 Å². The van der Waals surface area contributed by atoms with E-state index in [-0.39, 0.29) is 5.91 Å². The van der Waals surface area contributed by atoms with Gasteiger partial charge < -0.3 is 10.6 Å². The molecule has 6 heteroatoms. The number of rotatable bonds is 5. The van der Waals surface area contributed by atoms with Gasteiger partial charge in [0.2, 0.25) is 5.91 Å². The Morgan fingerprint density at radius 3 is 2.90 bits per heavy atom. The Kier molecular flexibility index (Phi) is 4.63. The molecule has 0 unspecified atom stereocenters. The predicted molar refractivity (Wildman–Crippen MR) is 81.0 cm³/mol. The molecule has 0 aliphatic carbocycles. The molecular weight excluding hydrogens is 276 g/mol. The number of aryl methyl sites for hydroxylation is 1. The summed E-state index contributed by atoms with van der Waals surface area (Å²) in [5.41, 5.74) is 3.60. The number of nitrogens with one attached hydrogen (secondary N) is 3. The van der Waals surface area contributed by atoms with Crippen LogP contribution in [-0.2, 0) is 11.3 Å². The Morgan fingerprint density at radius 1 is 1.45 bits per heavy atom. The monoisotopic (exact) mass is 292 g/mol. The maximum Gasteiger partial charge on any atom is 0.224 e. The first-order valence-electron chi connectivity index (χ1n) is 6.42. The molecule has 0 spiro atoms. The molecule has 3 N–H and O–H groups in total. The molecule has 0 fully saturated rings. The van der Waals surface area contributed by atoms with Crippen LogP contribution in [-0.4, -0.2) is 16.1 Å². The molecule has 2 aromatic rings. The first-order valence-corrected chi connectivity index (χ1v) is 6.80. The van der Waals surface area contributed by atoms with Crippen molar-refractivity contribution in [2.24, 2.45) is 0 Å². The minimum absolute atomic E-state index is 0.0241. The van der Waals surface area contributed by atoms with Gasteiger partial charge in [-0.05, 0) is 25.1 Å². The van der Waals surface area contributed by atoms with Crippen LogP contribution in [0.2, 0.25) is 5.02 Å². The summed E-state index contributed by atoms with van der Waals surface area (Å²) in [6.45, 7) is 4.39. The molecule has 106 valence electrons. The highest BCUT2D eigenvalue weighted by Gasteiger charge is 2.06. The van der Waals surface area contributed by atoms with Crippen molar-refractivity contribution in [3.63, 3.8) is 0 Å². The van der Waals surface area contributed by atoms with Gasteiger partial charge in [-0.3, -0.25) is 9.89 Å². The first kappa shape index (κ1) is 14.4. The van der Waals surface area contributed by atoms with Gasteiger partial charge in [0.25, 0.3) is 0 Å². The van der Waals surface area contributed by atoms with E-state index in [1.807, 2.05) is 19.9 Å². The minimum Gasteiger partial charge on any atom is -0.380 e. The number of hydrogen-bond acceptors (Lipinski definition) is 3. The Morgan fingerprint density at radius 2 is 2.25 bits per heavy atom. The number of carbonyl (C=O) groups excluding carboxylic acids is 1. The van der Waals surface area contributed by atoms with Crippen LogP contribution in [0, 0.1) is 6.92 Å². The molecule has 0 radical (unpaired) electrons. The predicted octanol–water partition coefficient (Wildman–Crippen LogP) is 3.33. The van der Waals surface area contributed by atoms with Crippen LogP contribution in [0.5, 0.6) is 0 Å². The van der Waals surface area contributed by atoms with Gasteiger partial charge in [-0.1, -0.05) is 18.5 Å². The van der Waals surface area contributed by atoms with Crippen LogP contribution < -0.4 is 10.6 Å². The van der Waals surface area contributed by atoms with Gasteiger partial charge in [-0.15, -0.1) is 0 Å². The second kappa shape index (κ2) is 6.43. The van der Waals surface area contributed by atoms with Crippen LogP contribution in [0.1, 0.15) is 24.6 Å². The largest absolute Gasteiger partial charge is 0.380 e. The van der Waals surface area contributed by atoms with E-state index >= 15 is 0 Å². The molecule has 5 nitrogen and oxygen atoms in total. The van der Waals surface area contributed by atoms with E-state index in [1.54, 1.807) is 18.3 Å². The fourth-order valence-electron chi connectivity index (χ4n) is 1.73. The zero-order valence-corrected chi connectivity index (χ0v) is 12.2. The normalized spacial score (nSPS) is 10.3. The molecule has 1 aromatic carbocycles. The molecule has 1 heterocycles. The van der Waals surface area contributed by atoms with Crippen molar-refractivity contribution in [1.29, 1.82) is 0 Å². The third-order valence-electron chi connectivity index (χ3n) is 2.97. The molecule has 2 rings (SSSR count). The lowest BCUT2D eigenvalue weighted by Gasteiger charge is -2.11. The third-order valence-corrected chi connectivity index (χ3v) is 3.30. The van der Waals surface area contributed by atoms with Crippen LogP contribution in [0.15, 0.2) is 24.4 Å². The zero-order valence-electron chi connectivity index (χ0n) is 11.5. The van der Waals surface area contributed by atoms with Gasteiger partial charge in [-0.2, -0.15) is 5.10 Å². The summed E-state index contributed by atoms with van der Waals surface area (Å²) < 4.78 is 0. The smallest absolute Gasteiger partial charge is 0.224 e. The Hall–Kier alpha value is -2.01. The number of benzene rings is 1. The van der Waals surface area contributed by atoms with E-state index in [0.29, 0.717) is 18.0 Å². The van der Waals surface area contributed by atoms with Crippen molar-refractivity contribution in [2.45, 2.75) is 26.8 Å². The van der Waals surface area contributed by atoms with Gasteiger partial charge in [0.15, 0.2) is 0 Å². The van der Waals surface area contributed by atoms with E-state index in [9.17, 15) is 4.79 Å². The molecule has 0 saturated heterocycles. The number of aromatic amines is 1. The molecule has 0 saturated carbocycles. The molecule has 0 atom stereocenters. The van der Waals surface area contributed by atoms with Crippen molar-refractivity contribution >= 4 is 28.9 Å². The fourth-order valence-corrected chi connectivity index (χ4v) is 1.92. The molecule has 1 amide bonds. The van der Waals surface area contributed by atoms with Gasteiger partial charge in [0.1, 0.15) is 0 Å². The lowest BCUT2D eigenvalue weighted by atomic mass is 10.2. The highest BCUT2D eigenvalue weighted by atomic mass is 35.5. The van der Waals surface area contributed by atoms with Crippen molar-refractivity contribution in [3.8, 4) is 0 Å². The standard InChI is InChI=1S/C14H17ClN4O/c1-3-14(20)18-11-4-5-12(15)13(6-11)16-7-10-8-17-19-9(10)2/h4-6,8,16H,3,7H2,1-2H3,(H,17,19)(H,18,20). The zero-order chi connectivity index (χ0) is 14.5. The van der Waals surface area contributed by atoms with Crippen molar-refractivity contribution in [2.75, 3.05) is 10.6 Å². The van der Waals surface area contributed by atoms with Crippen LogP contribution in [0.4, 0.5) is 11.4 Å². The summed E-state index contributed by atoms with van der Waals surface area (Å²) >= 11 is 6.15. The number of halogens is 1. The first-order chi connectivity index (χ1) is 9.60. The second-order valence-corrected chi connectivity index (χ2v) is 4.88. The molecule has 0 aliphatic heterocycles. The maximum atomic E-state index is 11.4. The summed E-state index contributed by atoms with van der Waals surface area (Å²) in [6, 6.07) is 5.37. The number of carbonyl (C=O) groups is 1. The Bertz CT molecular complexity index is 609. The highest BCUT2D eigenvalue weighted by molar-refractivity contribution is 6.33. The Labute approximate surface area is 122 Å². The van der Waals surface area contributed by atoms with Crippen molar-refractivity contribution in [1.82, 2.24) is 10.2 Å². The van der Waals surface area contributed by atoms with Gasteiger partial charge >= 0.3 is 0 Å². The number of aromatic nitrogens is 2. The van der Waals surface area contributed by atoms with Crippen LogP contribution >= 0.6 is 11.6 Å². The van der Waals surface area contributed by atoms with Gasteiger partial charge in [-0.25, -0.2) is 0 Å². The highest BCUT2D eigenvalue weighted by Crippen LogP contribution is 2.26. The number of amides is 1. The number of hydrogen-bond donors (Lipinski definition) is 3. The van der Waals surface area contributed by atoms with Gasteiger partial charge in [0, 0.05) is 29.9 Å². The summed E-state index contributed by atoms with van der Waals surface area (Å²) in [5.74, 6) is -0.0241.